The number of rotatable bonds is 5. The molecule has 0 saturated heterocycles. The first-order valence-corrected chi connectivity index (χ1v) is 4.71. The van der Waals surface area contributed by atoms with Crippen molar-refractivity contribution in [2.75, 3.05) is 13.2 Å². The minimum atomic E-state index is -0.638. The monoisotopic (exact) mass is 216 g/mol. The van der Waals surface area contributed by atoms with Crippen molar-refractivity contribution in [1.29, 1.82) is 0 Å². The molecule has 0 fully saturated rings. The predicted molar refractivity (Wildman–Crippen MR) is 54.5 cm³/mol. The molecule has 15 heavy (non-hydrogen) atoms. The topological polar surface area (TPSA) is 77.0 Å². The quantitative estimate of drug-likeness (QED) is 0.423. The SMILES string of the molecule is CCOC(=O)CC(C)=NNC(=O)OCC. The molecule has 6 heteroatoms. The minimum absolute atomic E-state index is 0.0558. The van der Waals surface area contributed by atoms with Crippen LogP contribution >= 0.6 is 0 Å². The highest BCUT2D eigenvalue weighted by Gasteiger charge is 2.04. The van der Waals surface area contributed by atoms with Crippen LogP contribution in [0.3, 0.4) is 0 Å². The maximum Gasteiger partial charge on any atom is 0.427 e. The highest BCUT2D eigenvalue weighted by atomic mass is 16.6. The lowest BCUT2D eigenvalue weighted by Gasteiger charge is -2.02. The molecule has 1 amide bonds. The van der Waals surface area contributed by atoms with Crippen LogP contribution in [0.2, 0.25) is 0 Å². The third-order valence-electron chi connectivity index (χ3n) is 1.32. The molecule has 0 unspecified atom stereocenters. The summed E-state index contributed by atoms with van der Waals surface area (Å²) in [5.41, 5.74) is 2.61. The van der Waals surface area contributed by atoms with Crippen LogP contribution < -0.4 is 5.43 Å². The van der Waals surface area contributed by atoms with Crippen molar-refractivity contribution in [3.63, 3.8) is 0 Å². The Morgan fingerprint density at radius 2 is 1.80 bits per heavy atom. The second kappa shape index (κ2) is 7.78. The van der Waals surface area contributed by atoms with Crippen molar-refractivity contribution in [1.82, 2.24) is 5.43 Å². The molecule has 1 N–H and O–H groups in total. The van der Waals surface area contributed by atoms with Crippen LogP contribution in [0, 0.1) is 0 Å². The van der Waals surface area contributed by atoms with Crippen molar-refractivity contribution in [3.8, 4) is 0 Å². The van der Waals surface area contributed by atoms with Crippen LogP contribution in [-0.4, -0.2) is 31.0 Å². The Morgan fingerprint density at radius 1 is 1.20 bits per heavy atom. The average molecular weight is 216 g/mol. The van der Waals surface area contributed by atoms with Crippen LogP contribution in [0.1, 0.15) is 27.2 Å². The zero-order chi connectivity index (χ0) is 11.7. The van der Waals surface area contributed by atoms with E-state index in [0.717, 1.165) is 0 Å². The first-order chi connectivity index (χ1) is 7.10. The number of carbonyl (C=O) groups excluding carboxylic acids is 2. The first-order valence-electron chi connectivity index (χ1n) is 4.71. The Bertz CT molecular complexity index is 250. The van der Waals surface area contributed by atoms with Gasteiger partial charge in [0.25, 0.3) is 0 Å². The lowest BCUT2D eigenvalue weighted by atomic mass is 10.3. The molecule has 0 aliphatic rings. The van der Waals surface area contributed by atoms with Crippen LogP contribution in [0.5, 0.6) is 0 Å². The smallest absolute Gasteiger partial charge is 0.427 e. The maximum absolute atomic E-state index is 11.0. The van der Waals surface area contributed by atoms with Crippen LogP contribution in [-0.2, 0) is 14.3 Å². The summed E-state index contributed by atoms with van der Waals surface area (Å²) in [7, 11) is 0. The first kappa shape index (κ1) is 13.4. The van der Waals surface area contributed by atoms with E-state index in [1.807, 2.05) is 0 Å². The van der Waals surface area contributed by atoms with E-state index >= 15 is 0 Å². The van der Waals surface area contributed by atoms with Crippen molar-refractivity contribution in [2.24, 2.45) is 5.10 Å². The van der Waals surface area contributed by atoms with E-state index in [-0.39, 0.29) is 19.0 Å². The maximum atomic E-state index is 11.0. The zero-order valence-corrected chi connectivity index (χ0v) is 9.20. The molecule has 0 aliphatic heterocycles. The fourth-order valence-corrected chi connectivity index (χ4v) is 0.765. The Morgan fingerprint density at radius 3 is 2.33 bits per heavy atom. The summed E-state index contributed by atoms with van der Waals surface area (Å²) in [6.07, 6.45) is -0.582. The summed E-state index contributed by atoms with van der Waals surface area (Å²) in [5.74, 6) is -0.371. The Hall–Kier alpha value is -1.59. The van der Waals surface area contributed by atoms with Gasteiger partial charge >= 0.3 is 12.1 Å². The Labute approximate surface area is 88.6 Å². The summed E-state index contributed by atoms with van der Waals surface area (Å²) in [4.78, 5) is 21.8. The molecule has 0 heterocycles. The molecular formula is C9H16N2O4. The molecule has 0 atom stereocenters. The number of esters is 1. The predicted octanol–water partition coefficient (Wildman–Crippen LogP) is 1.06. The summed E-state index contributed by atoms with van der Waals surface area (Å²) in [6, 6.07) is 0. The van der Waals surface area contributed by atoms with Gasteiger partial charge in [-0.2, -0.15) is 5.10 Å². The molecule has 0 aliphatic carbocycles. The van der Waals surface area contributed by atoms with E-state index in [0.29, 0.717) is 12.3 Å². The van der Waals surface area contributed by atoms with E-state index in [4.69, 9.17) is 4.74 Å². The summed E-state index contributed by atoms with van der Waals surface area (Å²) >= 11 is 0. The van der Waals surface area contributed by atoms with Crippen molar-refractivity contribution >= 4 is 17.8 Å². The van der Waals surface area contributed by atoms with E-state index in [2.05, 4.69) is 15.3 Å². The van der Waals surface area contributed by atoms with Gasteiger partial charge in [-0.15, -0.1) is 0 Å². The van der Waals surface area contributed by atoms with Crippen molar-refractivity contribution < 1.29 is 19.1 Å². The highest BCUT2D eigenvalue weighted by molar-refractivity contribution is 5.97. The van der Waals surface area contributed by atoms with Crippen molar-refractivity contribution in [3.05, 3.63) is 0 Å². The summed E-state index contributed by atoms with van der Waals surface area (Å²) in [6.45, 7) is 5.63. The van der Waals surface area contributed by atoms with Gasteiger partial charge in [-0.05, 0) is 20.8 Å². The molecular weight excluding hydrogens is 200 g/mol. The summed E-state index contributed by atoms with van der Waals surface area (Å²) < 4.78 is 9.27. The standard InChI is InChI=1S/C9H16N2O4/c1-4-14-8(12)6-7(3)10-11-9(13)15-5-2/h4-6H2,1-3H3,(H,11,13). The molecule has 0 aromatic carbocycles. The molecule has 0 spiro atoms. The van der Waals surface area contributed by atoms with E-state index in [1.165, 1.54) is 0 Å². The van der Waals surface area contributed by atoms with Gasteiger partial charge < -0.3 is 9.47 Å². The molecule has 0 radical (unpaired) electrons. The second-order valence-electron chi connectivity index (χ2n) is 2.66. The molecule has 0 aromatic rings. The van der Waals surface area contributed by atoms with Gasteiger partial charge in [0.2, 0.25) is 0 Å². The van der Waals surface area contributed by atoms with Gasteiger partial charge in [0.15, 0.2) is 0 Å². The number of ether oxygens (including phenoxy) is 2. The van der Waals surface area contributed by atoms with E-state index in [9.17, 15) is 9.59 Å². The molecule has 6 nitrogen and oxygen atoms in total. The van der Waals surface area contributed by atoms with E-state index in [1.54, 1.807) is 20.8 Å². The fraction of sp³-hybridized carbons (Fsp3) is 0.667. The van der Waals surface area contributed by atoms with Gasteiger partial charge in [0.05, 0.1) is 19.6 Å². The summed E-state index contributed by atoms with van der Waals surface area (Å²) in [5, 5.41) is 3.66. The van der Waals surface area contributed by atoms with Gasteiger partial charge in [-0.25, -0.2) is 10.2 Å². The van der Waals surface area contributed by atoms with Gasteiger partial charge in [0, 0.05) is 5.71 Å². The van der Waals surface area contributed by atoms with Crippen LogP contribution in [0.4, 0.5) is 4.79 Å². The third kappa shape index (κ3) is 7.48. The van der Waals surface area contributed by atoms with Crippen LogP contribution in [0.25, 0.3) is 0 Å². The van der Waals surface area contributed by atoms with Gasteiger partial charge in [-0.1, -0.05) is 0 Å². The molecule has 86 valence electrons. The Balaban J connectivity index is 3.88. The fourth-order valence-electron chi connectivity index (χ4n) is 0.765. The van der Waals surface area contributed by atoms with E-state index < -0.39 is 6.09 Å². The number of carbonyl (C=O) groups is 2. The number of nitrogens with zero attached hydrogens (tertiary/aromatic N) is 1. The number of amides is 1. The normalized spacial score (nSPS) is 10.7. The second-order valence-corrected chi connectivity index (χ2v) is 2.66. The number of hydrogen-bond donors (Lipinski definition) is 1. The third-order valence-corrected chi connectivity index (χ3v) is 1.32. The number of nitrogens with one attached hydrogen (secondary N) is 1. The minimum Gasteiger partial charge on any atom is -0.466 e. The van der Waals surface area contributed by atoms with Gasteiger partial charge in [0.1, 0.15) is 0 Å². The molecule has 0 rings (SSSR count). The number of hydrogen-bond acceptors (Lipinski definition) is 5. The zero-order valence-electron chi connectivity index (χ0n) is 9.20. The lowest BCUT2D eigenvalue weighted by molar-refractivity contribution is -0.141. The van der Waals surface area contributed by atoms with Gasteiger partial charge in [-0.3, -0.25) is 4.79 Å². The largest absolute Gasteiger partial charge is 0.466 e. The lowest BCUT2D eigenvalue weighted by Crippen LogP contribution is -2.21. The molecule has 0 aromatic heterocycles. The average Bonchev–Trinajstić information content (AvgIpc) is 2.15. The molecule has 0 bridgehead atoms. The number of hydrazone groups is 1. The van der Waals surface area contributed by atoms with Crippen LogP contribution in [0.15, 0.2) is 5.10 Å². The molecule has 0 saturated carbocycles. The van der Waals surface area contributed by atoms with Crippen molar-refractivity contribution in [2.45, 2.75) is 27.2 Å². The Kier molecular flexibility index (Phi) is 6.96. The highest BCUT2D eigenvalue weighted by Crippen LogP contribution is 1.90.